The molecule has 0 saturated carbocycles. The molecule has 0 fully saturated rings. The molecular weight excluding hydrogens is 330 g/mol. The van der Waals surface area contributed by atoms with Crippen LogP contribution in [-0.4, -0.2) is 28.3 Å². The van der Waals surface area contributed by atoms with Crippen LogP contribution in [0.5, 0.6) is 0 Å². The molecule has 2 amide bonds. The van der Waals surface area contributed by atoms with Crippen molar-refractivity contribution in [2.75, 3.05) is 0 Å². The lowest BCUT2D eigenvalue weighted by Gasteiger charge is -2.23. The van der Waals surface area contributed by atoms with E-state index < -0.39 is 17.6 Å². The Bertz CT molecular complexity index is 843. The van der Waals surface area contributed by atoms with Crippen molar-refractivity contribution < 1.29 is 19.1 Å². The third-order valence-electron chi connectivity index (χ3n) is 4.24. The highest BCUT2D eigenvalue weighted by Gasteiger charge is 2.38. The molecule has 5 nitrogen and oxygen atoms in total. The van der Waals surface area contributed by atoms with E-state index in [1.54, 1.807) is 55.5 Å². The molecule has 0 aromatic heterocycles. The van der Waals surface area contributed by atoms with Crippen LogP contribution in [0.1, 0.15) is 70.4 Å². The van der Waals surface area contributed by atoms with Crippen LogP contribution in [0.15, 0.2) is 48.5 Å². The number of benzene rings is 2. The average Bonchev–Trinajstić information content (AvgIpc) is 2.84. The van der Waals surface area contributed by atoms with Crippen molar-refractivity contribution in [3.63, 3.8) is 0 Å². The molecule has 5 heteroatoms. The van der Waals surface area contributed by atoms with Crippen molar-refractivity contribution in [2.45, 2.75) is 39.3 Å². The third kappa shape index (κ3) is 3.25. The van der Waals surface area contributed by atoms with Gasteiger partial charge < -0.3 is 4.74 Å². The first-order chi connectivity index (χ1) is 12.2. The molecule has 1 heterocycles. The summed E-state index contributed by atoms with van der Waals surface area (Å²) in [4.78, 5) is 38.5. The predicted molar refractivity (Wildman–Crippen MR) is 97.0 cm³/mol. The lowest BCUT2D eigenvalue weighted by molar-refractivity contribution is 0.00689. The van der Waals surface area contributed by atoms with E-state index >= 15 is 0 Å². The van der Waals surface area contributed by atoms with Gasteiger partial charge in [0.15, 0.2) is 0 Å². The Morgan fingerprint density at radius 1 is 0.923 bits per heavy atom. The lowest BCUT2D eigenvalue weighted by atomic mass is 10.0. The molecule has 0 unspecified atom stereocenters. The van der Waals surface area contributed by atoms with Crippen molar-refractivity contribution in [3.05, 3.63) is 70.8 Å². The van der Waals surface area contributed by atoms with Crippen LogP contribution in [0.4, 0.5) is 0 Å². The minimum absolute atomic E-state index is 0.297. The van der Waals surface area contributed by atoms with Crippen LogP contribution >= 0.6 is 0 Å². The number of ether oxygens (including phenoxy) is 1. The van der Waals surface area contributed by atoms with Crippen LogP contribution in [0.3, 0.4) is 0 Å². The maximum Gasteiger partial charge on any atom is 0.338 e. The van der Waals surface area contributed by atoms with Crippen LogP contribution < -0.4 is 0 Å². The molecule has 0 saturated heterocycles. The van der Waals surface area contributed by atoms with Crippen molar-refractivity contribution in [2.24, 2.45) is 0 Å². The normalized spacial score (nSPS) is 15.0. The molecule has 0 N–H and O–H groups in total. The molecule has 0 bridgehead atoms. The van der Waals surface area contributed by atoms with E-state index in [-0.39, 0.29) is 11.8 Å². The average molecular weight is 351 g/mol. The lowest BCUT2D eigenvalue weighted by Crippen LogP contribution is -2.32. The first-order valence-electron chi connectivity index (χ1n) is 8.49. The van der Waals surface area contributed by atoms with Crippen LogP contribution in [0.25, 0.3) is 0 Å². The Labute approximate surface area is 152 Å². The van der Waals surface area contributed by atoms with E-state index in [1.807, 2.05) is 20.8 Å². The number of hydrogen-bond donors (Lipinski definition) is 0. The molecule has 1 aliphatic rings. The summed E-state index contributed by atoms with van der Waals surface area (Å²) >= 11 is 0. The van der Waals surface area contributed by atoms with E-state index in [1.165, 1.54) is 4.90 Å². The fraction of sp³-hybridized carbons (Fsp3) is 0.286. The van der Waals surface area contributed by atoms with E-state index in [4.69, 9.17) is 4.74 Å². The standard InChI is InChI=1S/C21H21NO4/c1-13(22-18(23)16-7-5-6-8-17(16)19(22)24)14-9-11-15(12-10-14)20(25)26-21(2,3)4/h5-13H,1-4H3/t13-/m1/s1. The summed E-state index contributed by atoms with van der Waals surface area (Å²) < 4.78 is 5.34. The molecule has 2 aromatic carbocycles. The Balaban J connectivity index is 1.81. The fourth-order valence-electron chi connectivity index (χ4n) is 2.94. The number of fused-ring (bicyclic) bond motifs is 1. The Morgan fingerprint density at radius 2 is 1.42 bits per heavy atom. The number of amides is 2. The van der Waals surface area contributed by atoms with Gasteiger partial charge in [0.1, 0.15) is 5.60 Å². The van der Waals surface area contributed by atoms with Crippen LogP contribution in [0, 0.1) is 0 Å². The summed E-state index contributed by atoms with van der Waals surface area (Å²) in [6.07, 6.45) is 0. The van der Waals surface area contributed by atoms with Crippen LogP contribution in [0.2, 0.25) is 0 Å². The van der Waals surface area contributed by atoms with Gasteiger partial charge >= 0.3 is 5.97 Å². The van der Waals surface area contributed by atoms with Gasteiger partial charge in [-0.1, -0.05) is 24.3 Å². The molecule has 26 heavy (non-hydrogen) atoms. The van der Waals surface area contributed by atoms with Gasteiger partial charge in [0.25, 0.3) is 11.8 Å². The van der Waals surface area contributed by atoms with E-state index in [0.717, 1.165) is 5.56 Å². The zero-order valence-electron chi connectivity index (χ0n) is 15.3. The first-order valence-corrected chi connectivity index (χ1v) is 8.49. The molecule has 1 aliphatic heterocycles. The predicted octanol–water partition coefficient (Wildman–Crippen LogP) is 4.00. The summed E-state index contributed by atoms with van der Waals surface area (Å²) in [6.45, 7) is 7.22. The second-order valence-corrected chi connectivity index (χ2v) is 7.33. The number of esters is 1. The highest BCUT2D eigenvalue weighted by atomic mass is 16.6. The highest BCUT2D eigenvalue weighted by molar-refractivity contribution is 6.21. The number of nitrogens with zero attached hydrogens (tertiary/aromatic N) is 1. The zero-order valence-corrected chi connectivity index (χ0v) is 15.3. The molecule has 0 aliphatic carbocycles. The van der Waals surface area contributed by atoms with Crippen molar-refractivity contribution in [1.82, 2.24) is 4.90 Å². The molecule has 134 valence electrons. The zero-order chi connectivity index (χ0) is 19.1. The second kappa shape index (κ2) is 6.41. The SMILES string of the molecule is C[C@H](c1ccc(C(=O)OC(C)(C)C)cc1)N1C(=O)c2ccccc2C1=O. The summed E-state index contributed by atoms with van der Waals surface area (Å²) in [5, 5.41) is 0. The number of rotatable bonds is 3. The van der Waals surface area contributed by atoms with Gasteiger partial charge in [0.05, 0.1) is 22.7 Å². The van der Waals surface area contributed by atoms with Gasteiger partial charge in [-0.15, -0.1) is 0 Å². The van der Waals surface area contributed by atoms with Gasteiger partial charge in [-0.25, -0.2) is 4.79 Å². The quantitative estimate of drug-likeness (QED) is 0.619. The minimum Gasteiger partial charge on any atom is -0.456 e. The van der Waals surface area contributed by atoms with Crippen molar-refractivity contribution in [1.29, 1.82) is 0 Å². The van der Waals surface area contributed by atoms with Crippen molar-refractivity contribution >= 4 is 17.8 Å². The monoisotopic (exact) mass is 351 g/mol. The second-order valence-electron chi connectivity index (χ2n) is 7.33. The van der Waals surface area contributed by atoms with Gasteiger partial charge in [0.2, 0.25) is 0 Å². The maximum atomic E-state index is 12.6. The molecule has 0 radical (unpaired) electrons. The largest absolute Gasteiger partial charge is 0.456 e. The molecular formula is C21H21NO4. The maximum absolute atomic E-state index is 12.6. The molecule has 3 rings (SSSR count). The van der Waals surface area contributed by atoms with Gasteiger partial charge in [-0.2, -0.15) is 0 Å². The molecule has 1 atom stereocenters. The summed E-state index contributed by atoms with van der Waals surface area (Å²) in [7, 11) is 0. The van der Waals surface area contributed by atoms with Crippen molar-refractivity contribution in [3.8, 4) is 0 Å². The smallest absolute Gasteiger partial charge is 0.338 e. The van der Waals surface area contributed by atoms with Gasteiger partial charge in [-0.3, -0.25) is 14.5 Å². The number of imide groups is 1. The highest BCUT2D eigenvalue weighted by Crippen LogP contribution is 2.31. The topological polar surface area (TPSA) is 63.7 Å². The Morgan fingerprint density at radius 3 is 1.88 bits per heavy atom. The van der Waals surface area contributed by atoms with E-state index in [2.05, 4.69) is 0 Å². The Hall–Kier alpha value is -2.95. The number of carbonyl (C=O) groups is 3. The van der Waals surface area contributed by atoms with Gasteiger partial charge in [0, 0.05) is 0 Å². The Kier molecular flexibility index (Phi) is 4.40. The number of hydrogen-bond acceptors (Lipinski definition) is 4. The van der Waals surface area contributed by atoms with Gasteiger partial charge in [-0.05, 0) is 57.5 Å². The van der Waals surface area contributed by atoms with E-state index in [0.29, 0.717) is 16.7 Å². The number of carbonyl (C=O) groups excluding carboxylic acids is 3. The molecule has 0 spiro atoms. The van der Waals surface area contributed by atoms with E-state index in [9.17, 15) is 14.4 Å². The first kappa shape index (κ1) is 17.9. The minimum atomic E-state index is -0.566. The summed E-state index contributed by atoms with van der Waals surface area (Å²) in [5.41, 5.74) is 1.48. The third-order valence-corrected chi connectivity index (χ3v) is 4.24. The summed E-state index contributed by atoms with van der Waals surface area (Å²) in [5.74, 6) is -0.999. The summed E-state index contributed by atoms with van der Waals surface area (Å²) in [6, 6.07) is 13.2. The molecule has 2 aromatic rings. The van der Waals surface area contributed by atoms with Crippen LogP contribution in [-0.2, 0) is 4.74 Å². The fourth-order valence-corrected chi connectivity index (χ4v) is 2.94.